The zero-order valence-electron chi connectivity index (χ0n) is 14.9. The summed E-state index contributed by atoms with van der Waals surface area (Å²) in [5, 5.41) is 3.09. The molecule has 1 heterocycles. The highest BCUT2D eigenvalue weighted by molar-refractivity contribution is 5.92. The monoisotopic (exact) mass is 329 g/mol. The highest BCUT2D eigenvalue weighted by Gasteiger charge is 2.51. The van der Waals surface area contributed by atoms with Crippen LogP contribution in [0, 0.1) is 37.0 Å². The number of methoxy groups -OCH3 is 1. The van der Waals surface area contributed by atoms with Crippen molar-refractivity contribution in [3.63, 3.8) is 0 Å². The maximum atomic E-state index is 12.8. The van der Waals surface area contributed by atoms with E-state index in [4.69, 9.17) is 4.74 Å². The normalized spacial score (nSPS) is 33.5. The van der Waals surface area contributed by atoms with Gasteiger partial charge in [0, 0.05) is 6.42 Å². The highest BCUT2D eigenvalue weighted by atomic mass is 16.5. The number of carbonyl (C=O) groups excluding carboxylic acids is 1. The van der Waals surface area contributed by atoms with Gasteiger partial charge in [-0.3, -0.25) is 4.79 Å². The number of rotatable bonds is 4. The van der Waals surface area contributed by atoms with Gasteiger partial charge in [0.25, 0.3) is 0 Å². The Balaban J connectivity index is 1.48. The molecular weight excluding hydrogens is 302 g/mol. The SMILES string of the molecule is COc1nc(C)c(NC(=O)CC23CC4CC(CC(C4)C2)C3)c(C)n1. The van der Waals surface area contributed by atoms with Crippen molar-refractivity contribution < 1.29 is 9.53 Å². The van der Waals surface area contributed by atoms with Gasteiger partial charge >= 0.3 is 6.01 Å². The second kappa shape index (κ2) is 5.71. The van der Waals surface area contributed by atoms with Gasteiger partial charge in [-0.1, -0.05) is 0 Å². The van der Waals surface area contributed by atoms with Crippen molar-refractivity contribution in [3.05, 3.63) is 11.4 Å². The third kappa shape index (κ3) is 2.78. The summed E-state index contributed by atoms with van der Waals surface area (Å²) in [5.41, 5.74) is 2.52. The largest absolute Gasteiger partial charge is 0.467 e. The van der Waals surface area contributed by atoms with Gasteiger partial charge < -0.3 is 10.1 Å². The predicted molar refractivity (Wildman–Crippen MR) is 91.9 cm³/mol. The topological polar surface area (TPSA) is 64.1 Å². The summed E-state index contributed by atoms with van der Waals surface area (Å²) < 4.78 is 5.09. The summed E-state index contributed by atoms with van der Waals surface area (Å²) in [6, 6.07) is 0.351. The van der Waals surface area contributed by atoms with Crippen LogP contribution in [0.1, 0.15) is 56.3 Å². The van der Waals surface area contributed by atoms with E-state index in [1.54, 1.807) is 7.11 Å². The van der Waals surface area contributed by atoms with Gasteiger partial charge in [-0.15, -0.1) is 0 Å². The first kappa shape index (κ1) is 15.9. The van der Waals surface area contributed by atoms with Crippen LogP contribution in [0.15, 0.2) is 0 Å². The number of aryl methyl sites for hydroxylation is 2. The van der Waals surface area contributed by atoms with Gasteiger partial charge in [0.1, 0.15) is 0 Å². The molecule has 0 atom stereocenters. The molecule has 5 nitrogen and oxygen atoms in total. The molecule has 0 unspecified atom stereocenters. The lowest BCUT2D eigenvalue weighted by molar-refractivity contribution is -0.124. The predicted octanol–water partition coefficient (Wildman–Crippen LogP) is 3.65. The van der Waals surface area contributed by atoms with E-state index in [1.165, 1.54) is 38.5 Å². The van der Waals surface area contributed by atoms with Crippen LogP contribution in [0.5, 0.6) is 6.01 Å². The fourth-order valence-corrected chi connectivity index (χ4v) is 5.99. The van der Waals surface area contributed by atoms with E-state index >= 15 is 0 Å². The number of carbonyl (C=O) groups is 1. The van der Waals surface area contributed by atoms with E-state index in [9.17, 15) is 4.79 Å². The molecule has 0 spiro atoms. The standard InChI is InChI=1S/C19H27N3O2/c1-11-17(12(2)21-18(20-11)24-3)22-16(23)10-19-7-13-4-14(8-19)6-15(5-13)9-19/h13-15H,4-10H2,1-3H3,(H,22,23). The minimum Gasteiger partial charge on any atom is -0.467 e. The van der Waals surface area contributed by atoms with Crippen molar-refractivity contribution >= 4 is 11.6 Å². The Morgan fingerprint density at radius 2 is 1.58 bits per heavy atom. The Kier molecular flexibility index (Phi) is 3.77. The third-order valence-electron chi connectivity index (χ3n) is 6.40. The van der Waals surface area contributed by atoms with Crippen LogP contribution in [0.4, 0.5) is 5.69 Å². The molecule has 0 radical (unpaired) electrons. The Bertz CT molecular complexity index is 612. The summed E-state index contributed by atoms with van der Waals surface area (Å²) in [6.45, 7) is 3.77. The molecule has 24 heavy (non-hydrogen) atoms. The Morgan fingerprint density at radius 3 is 2.04 bits per heavy atom. The molecule has 130 valence electrons. The molecule has 1 amide bonds. The molecule has 4 aliphatic rings. The minimum atomic E-state index is 0.122. The van der Waals surface area contributed by atoms with Gasteiger partial charge in [-0.25, -0.2) is 0 Å². The molecule has 5 heteroatoms. The maximum Gasteiger partial charge on any atom is 0.316 e. The zero-order valence-corrected chi connectivity index (χ0v) is 14.9. The number of hydrogen-bond acceptors (Lipinski definition) is 4. The Labute approximate surface area is 143 Å². The molecule has 0 aliphatic heterocycles. The fourth-order valence-electron chi connectivity index (χ4n) is 5.99. The van der Waals surface area contributed by atoms with Gasteiger partial charge in [-0.2, -0.15) is 9.97 Å². The maximum absolute atomic E-state index is 12.8. The highest BCUT2D eigenvalue weighted by Crippen LogP contribution is 2.61. The van der Waals surface area contributed by atoms with Crippen molar-refractivity contribution in [3.8, 4) is 6.01 Å². The number of nitrogens with one attached hydrogen (secondary N) is 1. The number of amides is 1. The van der Waals surface area contributed by atoms with Crippen molar-refractivity contribution in [2.24, 2.45) is 23.2 Å². The molecule has 4 fully saturated rings. The van der Waals surface area contributed by atoms with Crippen molar-refractivity contribution in [1.82, 2.24) is 9.97 Å². The summed E-state index contributed by atoms with van der Waals surface area (Å²) in [6.07, 6.45) is 8.64. The van der Waals surface area contributed by atoms with Crippen LogP contribution in [0.3, 0.4) is 0 Å². The summed E-state index contributed by atoms with van der Waals surface area (Å²) in [4.78, 5) is 21.3. The lowest BCUT2D eigenvalue weighted by Crippen LogP contribution is -2.47. The van der Waals surface area contributed by atoms with Gasteiger partial charge in [0.15, 0.2) is 0 Å². The Morgan fingerprint density at radius 1 is 1.08 bits per heavy atom. The zero-order chi connectivity index (χ0) is 16.9. The van der Waals surface area contributed by atoms with E-state index in [0.29, 0.717) is 12.4 Å². The van der Waals surface area contributed by atoms with E-state index in [1.807, 2.05) is 13.8 Å². The molecule has 4 aliphatic carbocycles. The number of nitrogens with zero attached hydrogens (tertiary/aromatic N) is 2. The van der Waals surface area contributed by atoms with Crippen LogP contribution < -0.4 is 10.1 Å². The van der Waals surface area contributed by atoms with E-state index in [2.05, 4.69) is 15.3 Å². The van der Waals surface area contributed by atoms with Crippen LogP contribution in [-0.2, 0) is 4.79 Å². The van der Waals surface area contributed by atoms with E-state index in [-0.39, 0.29) is 11.3 Å². The summed E-state index contributed by atoms with van der Waals surface area (Å²) in [7, 11) is 1.56. The fraction of sp³-hybridized carbons (Fsp3) is 0.737. The third-order valence-corrected chi connectivity index (χ3v) is 6.40. The first-order valence-corrected chi connectivity index (χ1v) is 9.15. The van der Waals surface area contributed by atoms with Crippen LogP contribution in [0.2, 0.25) is 0 Å². The molecule has 4 bridgehead atoms. The summed E-state index contributed by atoms with van der Waals surface area (Å²) >= 11 is 0. The molecule has 0 saturated heterocycles. The average Bonchev–Trinajstić information content (AvgIpc) is 2.48. The lowest BCUT2D eigenvalue weighted by Gasteiger charge is -2.56. The smallest absolute Gasteiger partial charge is 0.316 e. The second-order valence-electron chi connectivity index (χ2n) is 8.40. The second-order valence-corrected chi connectivity index (χ2v) is 8.40. The first-order valence-electron chi connectivity index (χ1n) is 9.15. The number of anilines is 1. The Hall–Kier alpha value is -1.65. The molecule has 0 aromatic carbocycles. The molecule has 4 saturated carbocycles. The molecule has 1 aromatic heterocycles. The van der Waals surface area contributed by atoms with Crippen molar-refractivity contribution in [2.45, 2.75) is 58.8 Å². The lowest BCUT2D eigenvalue weighted by atomic mass is 9.49. The van der Waals surface area contributed by atoms with Crippen LogP contribution >= 0.6 is 0 Å². The number of ether oxygens (including phenoxy) is 1. The van der Waals surface area contributed by atoms with E-state index in [0.717, 1.165) is 34.8 Å². The van der Waals surface area contributed by atoms with Crippen molar-refractivity contribution in [1.29, 1.82) is 0 Å². The minimum absolute atomic E-state index is 0.122. The molecule has 1 N–H and O–H groups in total. The van der Waals surface area contributed by atoms with Gasteiger partial charge in [0.05, 0.1) is 24.2 Å². The van der Waals surface area contributed by atoms with Gasteiger partial charge in [-0.05, 0) is 75.5 Å². The van der Waals surface area contributed by atoms with E-state index < -0.39 is 0 Å². The molecule has 5 rings (SSSR count). The number of hydrogen-bond donors (Lipinski definition) is 1. The average molecular weight is 329 g/mol. The van der Waals surface area contributed by atoms with Crippen LogP contribution in [-0.4, -0.2) is 23.0 Å². The van der Waals surface area contributed by atoms with Gasteiger partial charge in [0.2, 0.25) is 5.91 Å². The molecular formula is C19H27N3O2. The molecule has 1 aromatic rings. The summed E-state index contributed by atoms with van der Waals surface area (Å²) in [5.74, 6) is 2.74. The first-order chi connectivity index (χ1) is 11.5. The number of aromatic nitrogens is 2. The van der Waals surface area contributed by atoms with Crippen LogP contribution in [0.25, 0.3) is 0 Å². The van der Waals surface area contributed by atoms with Crippen molar-refractivity contribution in [2.75, 3.05) is 12.4 Å². The quantitative estimate of drug-likeness (QED) is 0.916.